The molecule has 4 heteroatoms. The molecule has 0 heterocycles. The zero-order valence-corrected chi connectivity index (χ0v) is 13.3. The Hall–Kier alpha value is -2.33. The Morgan fingerprint density at radius 1 is 1.09 bits per heavy atom. The maximum Gasteiger partial charge on any atom is 0.251 e. The molecule has 0 unspecified atom stereocenters. The fourth-order valence-corrected chi connectivity index (χ4v) is 2.17. The van der Waals surface area contributed by atoms with E-state index in [1.165, 1.54) is 0 Å². The molecule has 0 saturated heterocycles. The number of amides is 1. The zero-order chi connectivity index (χ0) is 15.9. The summed E-state index contributed by atoms with van der Waals surface area (Å²) in [7, 11) is 5.65. The summed E-state index contributed by atoms with van der Waals surface area (Å²) >= 11 is 0. The Balaban J connectivity index is 1.96. The first-order valence-electron chi connectivity index (χ1n) is 7.22. The molecule has 0 spiro atoms. The molecule has 0 radical (unpaired) electrons. The quantitative estimate of drug-likeness (QED) is 0.891. The Kier molecular flexibility index (Phi) is 5.55. The third-order valence-corrected chi connectivity index (χ3v) is 3.41. The van der Waals surface area contributed by atoms with Crippen molar-refractivity contribution in [1.82, 2.24) is 5.32 Å². The molecule has 2 rings (SSSR count). The maximum atomic E-state index is 12.2. The predicted octanol–water partition coefficient (Wildman–Crippen LogP) is 2.83. The number of hydrogen-bond acceptors (Lipinski definition) is 3. The van der Waals surface area contributed by atoms with Crippen molar-refractivity contribution < 1.29 is 9.53 Å². The number of nitrogens with zero attached hydrogens (tertiary/aromatic N) is 1. The lowest BCUT2D eigenvalue weighted by atomic mass is 10.1. The third-order valence-electron chi connectivity index (χ3n) is 3.41. The zero-order valence-electron chi connectivity index (χ0n) is 13.3. The molecule has 2 aromatic rings. The van der Waals surface area contributed by atoms with Gasteiger partial charge in [0.15, 0.2) is 0 Å². The van der Waals surface area contributed by atoms with Crippen molar-refractivity contribution in [2.24, 2.45) is 0 Å². The van der Waals surface area contributed by atoms with E-state index in [9.17, 15) is 4.79 Å². The molecule has 0 atom stereocenters. The molecular weight excluding hydrogens is 276 g/mol. The minimum Gasteiger partial charge on any atom is -0.380 e. The molecule has 1 amide bonds. The highest BCUT2D eigenvalue weighted by molar-refractivity contribution is 5.94. The summed E-state index contributed by atoms with van der Waals surface area (Å²) in [6.45, 7) is 1.02. The second-order valence-corrected chi connectivity index (χ2v) is 5.38. The van der Waals surface area contributed by atoms with E-state index in [2.05, 4.69) is 5.32 Å². The van der Waals surface area contributed by atoms with Gasteiger partial charge in [0.2, 0.25) is 0 Å². The monoisotopic (exact) mass is 298 g/mol. The SMILES string of the molecule is COCc1cccc(C(=O)NCc2ccc(N(C)C)cc2)c1. The molecule has 0 aliphatic heterocycles. The van der Waals surface area contributed by atoms with Crippen LogP contribution in [0.4, 0.5) is 5.69 Å². The van der Waals surface area contributed by atoms with Crippen LogP contribution in [0, 0.1) is 0 Å². The van der Waals surface area contributed by atoms with Gasteiger partial charge in [-0.15, -0.1) is 0 Å². The van der Waals surface area contributed by atoms with Crippen LogP contribution in [0.15, 0.2) is 48.5 Å². The summed E-state index contributed by atoms with van der Waals surface area (Å²) in [5, 5.41) is 2.94. The summed E-state index contributed by atoms with van der Waals surface area (Å²) in [6.07, 6.45) is 0. The first-order valence-corrected chi connectivity index (χ1v) is 7.22. The van der Waals surface area contributed by atoms with Crippen LogP contribution in [0.25, 0.3) is 0 Å². The van der Waals surface area contributed by atoms with Gasteiger partial charge in [0.25, 0.3) is 5.91 Å². The Bertz CT molecular complexity index is 621. The van der Waals surface area contributed by atoms with E-state index in [0.717, 1.165) is 16.8 Å². The number of hydrogen-bond donors (Lipinski definition) is 1. The summed E-state index contributed by atoms with van der Waals surface area (Å²) in [5.41, 5.74) is 3.86. The molecule has 116 valence electrons. The summed E-state index contributed by atoms with van der Waals surface area (Å²) in [6, 6.07) is 15.6. The minimum atomic E-state index is -0.0744. The van der Waals surface area contributed by atoms with E-state index >= 15 is 0 Å². The van der Waals surface area contributed by atoms with Crippen molar-refractivity contribution in [3.63, 3.8) is 0 Å². The van der Waals surface area contributed by atoms with Crippen LogP contribution in [0.3, 0.4) is 0 Å². The molecule has 0 saturated carbocycles. The number of methoxy groups -OCH3 is 1. The first-order chi connectivity index (χ1) is 10.6. The van der Waals surface area contributed by atoms with Crippen LogP contribution in [0.1, 0.15) is 21.5 Å². The highest BCUT2D eigenvalue weighted by Gasteiger charge is 2.06. The number of nitrogens with one attached hydrogen (secondary N) is 1. The molecule has 22 heavy (non-hydrogen) atoms. The van der Waals surface area contributed by atoms with Gasteiger partial charge >= 0.3 is 0 Å². The lowest BCUT2D eigenvalue weighted by Crippen LogP contribution is -2.23. The first kappa shape index (κ1) is 16.0. The molecule has 2 aromatic carbocycles. The topological polar surface area (TPSA) is 41.6 Å². The maximum absolute atomic E-state index is 12.2. The standard InChI is InChI=1S/C18H22N2O2/c1-20(2)17-9-7-14(8-10-17)12-19-18(21)16-6-4-5-15(11-16)13-22-3/h4-11H,12-13H2,1-3H3,(H,19,21). The minimum absolute atomic E-state index is 0.0744. The lowest BCUT2D eigenvalue weighted by Gasteiger charge is -2.13. The highest BCUT2D eigenvalue weighted by atomic mass is 16.5. The number of ether oxygens (including phenoxy) is 1. The molecule has 0 aliphatic rings. The summed E-state index contributed by atoms with van der Waals surface area (Å²) in [5.74, 6) is -0.0744. The van der Waals surface area contributed by atoms with Crippen LogP contribution < -0.4 is 10.2 Å². The molecule has 0 bridgehead atoms. The van der Waals surface area contributed by atoms with Gasteiger partial charge in [-0.3, -0.25) is 4.79 Å². The van der Waals surface area contributed by atoms with Crippen molar-refractivity contribution in [3.05, 3.63) is 65.2 Å². The summed E-state index contributed by atoms with van der Waals surface area (Å²) < 4.78 is 5.09. The van der Waals surface area contributed by atoms with Gasteiger partial charge in [-0.1, -0.05) is 24.3 Å². The molecule has 1 N–H and O–H groups in total. The fourth-order valence-electron chi connectivity index (χ4n) is 2.17. The van der Waals surface area contributed by atoms with Crippen LogP contribution in [-0.4, -0.2) is 27.1 Å². The number of anilines is 1. The van der Waals surface area contributed by atoms with Gasteiger partial charge in [0, 0.05) is 39.0 Å². The van der Waals surface area contributed by atoms with Gasteiger partial charge in [-0.25, -0.2) is 0 Å². The normalized spacial score (nSPS) is 10.3. The van der Waals surface area contributed by atoms with E-state index in [0.29, 0.717) is 18.7 Å². The number of benzene rings is 2. The van der Waals surface area contributed by atoms with Gasteiger partial charge < -0.3 is 15.0 Å². The third kappa shape index (κ3) is 4.33. The van der Waals surface area contributed by atoms with Gasteiger partial charge in [-0.2, -0.15) is 0 Å². The van der Waals surface area contributed by atoms with Gasteiger partial charge in [-0.05, 0) is 35.4 Å². The molecule has 0 fully saturated rings. The smallest absolute Gasteiger partial charge is 0.251 e. The second-order valence-electron chi connectivity index (χ2n) is 5.38. The summed E-state index contributed by atoms with van der Waals surface area (Å²) in [4.78, 5) is 14.2. The van der Waals surface area contributed by atoms with Crippen LogP contribution >= 0.6 is 0 Å². The second kappa shape index (κ2) is 7.61. The van der Waals surface area contributed by atoms with E-state index in [1.54, 1.807) is 7.11 Å². The molecule has 0 aliphatic carbocycles. The molecule has 4 nitrogen and oxygen atoms in total. The Labute approximate surface area is 131 Å². The van der Waals surface area contributed by atoms with Crippen molar-refractivity contribution in [3.8, 4) is 0 Å². The average Bonchev–Trinajstić information content (AvgIpc) is 2.53. The number of rotatable bonds is 6. The molecule has 0 aromatic heterocycles. The van der Waals surface area contributed by atoms with E-state index in [4.69, 9.17) is 4.74 Å². The Morgan fingerprint density at radius 2 is 1.82 bits per heavy atom. The van der Waals surface area contributed by atoms with Crippen molar-refractivity contribution in [1.29, 1.82) is 0 Å². The van der Waals surface area contributed by atoms with E-state index in [-0.39, 0.29) is 5.91 Å². The average molecular weight is 298 g/mol. The largest absolute Gasteiger partial charge is 0.380 e. The van der Waals surface area contributed by atoms with E-state index in [1.807, 2.05) is 67.5 Å². The van der Waals surface area contributed by atoms with Gasteiger partial charge in [0.05, 0.1) is 6.61 Å². The Morgan fingerprint density at radius 3 is 2.45 bits per heavy atom. The van der Waals surface area contributed by atoms with Gasteiger partial charge in [0.1, 0.15) is 0 Å². The van der Waals surface area contributed by atoms with Crippen LogP contribution in [-0.2, 0) is 17.9 Å². The van der Waals surface area contributed by atoms with Crippen molar-refractivity contribution in [2.75, 3.05) is 26.1 Å². The van der Waals surface area contributed by atoms with E-state index < -0.39 is 0 Å². The van der Waals surface area contributed by atoms with Crippen LogP contribution in [0.5, 0.6) is 0 Å². The number of carbonyl (C=O) groups is 1. The lowest BCUT2D eigenvalue weighted by molar-refractivity contribution is 0.0950. The van der Waals surface area contributed by atoms with Crippen molar-refractivity contribution >= 4 is 11.6 Å². The molecular formula is C18H22N2O2. The fraction of sp³-hybridized carbons (Fsp3) is 0.278. The number of carbonyl (C=O) groups excluding carboxylic acids is 1. The van der Waals surface area contributed by atoms with Crippen LogP contribution in [0.2, 0.25) is 0 Å². The van der Waals surface area contributed by atoms with Crippen molar-refractivity contribution in [2.45, 2.75) is 13.2 Å². The highest BCUT2D eigenvalue weighted by Crippen LogP contribution is 2.12. The predicted molar refractivity (Wildman–Crippen MR) is 89.1 cm³/mol.